The Kier molecular flexibility index (Phi) is 4.39. The van der Waals surface area contributed by atoms with Crippen LogP contribution in [0.3, 0.4) is 0 Å². The van der Waals surface area contributed by atoms with Gasteiger partial charge in [-0.1, -0.05) is 25.1 Å². The van der Waals surface area contributed by atoms with Crippen LogP contribution >= 0.6 is 15.9 Å². The third-order valence-corrected chi connectivity index (χ3v) is 4.98. The molecule has 0 aliphatic carbocycles. The Morgan fingerprint density at radius 1 is 1.22 bits per heavy atom. The molecule has 1 N–H and O–H groups in total. The van der Waals surface area contributed by atoms with Crippen molar-refractivity contribution in [3.63, 3.8) is 0 Å². The molecule has 2 heterocycles. The van der Waals surface area contributed by atoms with Gasteiger partial charge in [0.05, 0.1) is 11.9 Å². The van der Waals surface area contributed by atoms with Crippen molar-refractivity contribution in [3.8, 4) is 0 Å². The minimum absolute atomic E-state index is 0.770. The van der Waals surface area contributed by atoms with E-state index in [0.717, 1.165) is 40.4 Å². The normalized spacial score (nSPS) is 11.2. The molecule has 0 saturated heterocycles. The molecule has 0 fully saturated rings. The molecule has 0 amide bonds. The van der Waals surface area contributed by atoms with Crippen LogP contribution in [0.5, 0.6) is 0 Å². The molecule has 0 saturated carbocycles. The zero-order valence-electron chi connectivity index (χ0n) is 13.9. The van der Waals surface area contributed by atoms with Crippen LogP contribution in [-0.2, 0) is 13.0 Å². The highest BCUT2D eigenvalue weighted by molar-refractivity contribution is 9.10. The number of anilines is 1. The molecule has 0 bridgehead atoms. The first-order valence-corrected chi connectivity index (χ1v) is 8.63. The van der Waals surface area contributed by atoms with Gasteiger partial charge in [0.2, 0.25) is 0 Å². The van der Waals surface area contributed by atoms with Gasteiger partial charge in [0.15, 0.2) is 5.65 Å². The molecule has 3 aromatic rings. The van der Waals surface area contributed by atoms with Crippen LogP contribution in [-0.4, -0.2) is 14.4 Å². The van der Waals surface area contributed by atoms with Crippen LogP contribution in [0.2, 0.25) is 0 Å². The summed E-state index contributed by atoms with van der Waals surface area (Å²) in [5.74, 6) is 0.950. The molecule has 3 rings (SSSR count). The number of benzene rings is 1. The second-order valence-corrected chi connectivity index (χ2v) is 6.54. The fourth-order valence-electron chi connectivity index (χ4n) is 2.94. The molecular weight excluding hydrogens is 352 g/mol. The SMILES string of the molecule is CCc1cccc(C)c1CNc1c(Br)ncc2nc(C)c(C)n12. The van der Waals surface area contributed by atoms with Gasteiger partial charge in [-0.2, -0.15) is 0 Å². The molecule has 0 radical (unpaired) electrons. The van der Waals surface area contributed by atoms with E-state index in [1.54, 1.807) is 6.20 Å². The first-order valence-electron chi connectivity index (χ1n) is 7.84. The Morgan fingerprint density at radius 3 is 2.74 bits per heavy atom. The summed E-state index contributed by atoms with van der Waals surface area (Å²) < 4.78 is 2.92. The lowest BCUT2D eigenvalue weighted by Crippen LogP contribution is -2.09. The van der Waals surface area contributed by atoms with Crippen molar-refractivity contribution in [1.82, 2.24) is 14.4 Å². The molecule has 0 atom stereocenters. The molecule has 0 aliphatic rings. The molecule has 0 unspecified atom stereocenters. The summed E-state index contributed by atoms with van der Waals surface area (Å²) in [6, 6.07) is 6.49. The Labute approximate surface area is 145 Å². The van der Waals surface area contributed by atoms with Crippen LogP contribution in [0.4, 0.5) is 5.82 Å². The monoisotopic (exact) mass is 372 g/mol. The van der Waals surface area contributed by atoms with E-state index in [-0.39, 0.29) is 0 Å². The smallest absolute Gasteiger partial charge is 0.157 e. The molecule has 5 heteroatoms. The van der Waals surface area contributed by atoms with Gasteiger partial charge in [-0.3, -0.25) is 4.40 Å². The van der Waals surface area contributed by atoms with Gasteiger partial charge in [0, 0.05) is 12.2 Å². The average molecular weight is 373 g/mol. The Balaban J connectivity index is 2.02. The Morgan fingerprint density at radius 2 is 2.00 bits per heavy atom. The molecule has 0 spiro atoms. The first-order chi connectivity index (χ1) is 11.0. The summed E-state index contributed by atoms with van der Waals surface area (Å²) >= 11 is 3.57. The van der Waals surface area contributed by atoms with Crippen molar-refractivity contribution >= 4 is 27.4 Å². The molecule has 1 aromatic carbocycles. The fourth-order valence-corrected chi connectivity index (χ4v) is 3.36. The highest BCUT2D eigenvalue weighted by atomic mass is 79.9. The molecule has 23 heavy (non-hydrogen) atoms. The van der Waals surface area contributed by atoms with Gasteiger partial charge in [-0.05, 0) is 59.8 Å². The third kappa shape index (κ3) is 2.85. The van der Waals surface area contributed by atoms with Crippen molar-refractivity contribution in [1.29, 1.82) is 0 Å². The van der Waals surface area contributed by atoms with E-state index in [1.165, 1.54) is 16.7 Å². The second-order valence-electron chi connectivity index (χ2n) is 5.79. The number of aryl methyl sites for hydroxylation is 4. The maximum Gasteiger partial charge on any atom is 0.157 e. The van der Waals surface area contributed by atoms with E-state index in [1.807, 2.05) is 6.92 Å². The summed E-state index contributed by atoms with van der Waals surface area (Å²) in [4.78, 5) is 8.97. The van der Waals surface area contributed by atoms with E-state index >= 15 is 0 Å². The number of nitrogens with zero attached hydrogens (tertiary/aromatic N) is 3. The van der Waals surface area contributed by atoms with Crippen molar-refractivity contribution in [2.75, 3.05) is 5.32 Å². The second kappa shape index (κ2) is 6.32. The van der Waals surface area contributed by atoms with Crippen molar-refractivity contribution < 1.29 is 0 Å². The van der Waals surface area contributed by atoms with Crippen LogP contribution < -0.4 is 5.32 Å². The largest absolute Gasteiger partial charge is 0.365 e. The molecule has 2 aromatic heterocycles. The van der Waals surface area contributed by atoms with Crippen molar-refractivity contribution in [2.45, 2.75) is 40.7 Å². The first kappa shape index (κ1) is 16.0. The third-order valence-electron chi connectivity index (χ3n) is 4.40. The van der Waals surface area contributed by atoms with E-state index < -0.39 is 0 Å². The van der Waals surface area contributed by atoms with Crippen LogP contribution in [0, 0.1) is 20.8 Å². The number of hydrogen-bond donors (Lipinski definition) is 1. The van der Waals surface area contributed by atoms with Gasteiger partial charge in [-0.25, -0.2) is 9.97 Å². The number of nitrogens with one attached hydrogen (secondary N) is 1. The summed E-state index contributed by atoms with van der Waals surface area (Å²) in [5.41, 5.74) is 7.07. The summed E-state index contributed by atoms with van der Waals surface area (Å²) in [7, 11) is 0. The quantitative estimate of drug-likeness (QED) is 0.727. The van der Waals surface area contributed by atoms with Crippen LogP contribution in [0.25, 0.3) is 5.65 Å². The highest BCUT2D eigenvalue weighted by Gasteiger charge is 2.13. The van der Waals surface area contributed by atoms with E-state index in [9.17, 15) is 0 Å². The minimum Gasteiger partial charge on any atom is -0.365 e. The molecule has 120 valence electrons. The number of rotatable bonds is 4. The van der Waals surface area contributed by atoms with Gasteiger partial charge in [0.25, 0.3) is 0 Å². The van der Waals surface area contributed by atoms with Gasteiger partial charge < -0.3 is 5.32 Å². The molecule has 0 aliphatic heterocycles. The number of aromatic nitrogens is 3. The van der Waals surface area contributed by atoms with E-state index in [4.69, 9.17) is 0 Å². The zero-order chi connectivity index (χ0) is 16.6. The fraction of sp³-hybridized carbons (Fsp3) is 0.333. The maximum absolute atomic E-state index is 4.56. The van der Waals surface area contributed by atoms with Crippen LogP contribution in [0.1, 0.15) is 35.0 Å². The maximum atomic E-state index is 4.56. The lowest BCUT2D eigenvalue weighted by molar-refractivity contribution is 0.977. The molecule has 4 nitrogen and oxygen atoms in total. The van der Waals surface area contributed by atoms with Gasteiger partial charge in [0.1, 0.15) is 10.4 Å². The van der Waals surface area contributed by atoms with E-state index in [2.05, 4.69) is 74.6 Å². The number of imidazole rings is 1. The van der Waals surface area contributed by atoms with Gasteiger partial charge in [-0.15, -0.1) is 0 Å². The number of hydrogen-bond acceptors (Lipinski definition) is 3. The van der Waals surface area contributed by atoms with Crippen LogP contribution in [0.15, 0.2) is 29.0 Å². The number of halogens is 1. The predicted octanol–water partition coefficient (Wildman–Crippen LogP) is 4.59. The lowest BCUT2D eigenvalue weighted by atomic mass is 10.00. The Bertz CT molecular complexity index is 867. The topological polar surface area (TPSA) is 42.2 Å². The van der Waals surface area contributed by atoms with Gasteiger partial charge >= 0.3 is 0 Å². The standard InChI is InChI=1S/C18H21BrN4/c1-5-14-8-6-7-11(2)15(14)9-21-18-17(19)20-10-16-22-12(3)13(4)23(16)18/h6-8,10,21H,5,9H2,1-4H3. The summed E-state index contributed by atoms with van der Waals surface area (Å²) in [5, 5.41) is 3.56. The highest BCUT2D eigenvalue weighted by Crippen LogP contribution is 2.25. The van der Waals surface area contributed by atoms with Crippen molar-refractivity contribution in [3.05, 3.63) is 57.1 Å². The zero-order valence-corrected chi connectivity index (χ0v) is 15.5. The average Bonchev–Trinajstić information content (AvgIpc) is 2.82. The minimum atomic E-state index is 0.770. The van der Waals surface area contributed by atoms with E-state index in [0.29, 0.717) is 0 Å². The Hall–Kier alpha value is -1.88. The van der Waals surface area contributed by atoms with Crippen molar-refractivity contribution in [2.24, 2.45) is 0 Å². The summed E-state index contributed by atoms with van der Waals surface area (Å²) in [6.07, 6.45) is 2.83. The number of fused-ring (bicyclic) bond motifs is 1. The molecular formula is C18H21BrN4. The summed E-state index contributed by atoms with van der Waals surface area (Å²) in [6.45, 7) is 9.23. The lowest BCUT2D eigenvalue weighted by Gasteiger charge is -2.15. The predicted molar refractivity (Wildman–Crippen MR) is 98.0 cm³/mol.